The van der Waals surface area contributed by atoms with Gasteiger partial charge in [0.05, 0.1) is 30.0 Å². The van der Waals surface area contributed by atoms with Gasteiger partial charge in [-0.2, -0.15) is 0 Å². The molecule has 4 N–H and O–H groups in total. The number of hydrogen-bond acceptors (Lipinski definition) is 7. The Kier molecular flexibility index (Phi) is 7.31. The first-order valence-corrected chi connectivity index (χ1v) is 13.0. The number of halogens is 4. The fourth-order valence-electron chi connectivity index (χ4n) is 6.03. The van der Waals surface area contributed by atoms with Gasteiger partial charge in [-0.1, -0.05) is 11.6 Å². The highest BCUT2D eigenvalue weighted by Gasteiger charge is 2.56. The van der Waals surface area contributed by atoms with Crippen molar-refractivity contribution in [1.29, 1.82) is 0 Å². The summed E-state index contributed by atoms with van der Waals surface area (Å²) in [7, 11) is 0. The third-order valence-corrected chi connectivity index (χ3v) is 8.46. The molecule has 1 aliphatic heterocycles. The zero-order valence-electron chi connectivity index (χ0n) is 20.4. The summed E-state index contributed by atoms with van der Waals surface area (Å²) in [5.74, 6) is -0.435. The molecule has 38 heavy (non-hydrogen) atoms. The Morgan fingerprint density at radius 1 is 1.08 bits per heavy atom. The summed E-state index contributed by atoms with van der Waals surface area (Å²) < 4.78 is 51.8. The van der Waals surface area contributed by atoms with E-state index in [4.69, 9.17) is 21.1 Å². The van der Waals surface area contributed by atoms with Gasteiger partial charge < -0.3 is 30.3 Å². The molecule has 0 radical (unpaired) electrons. The van der Waals surface area contributed by atoms with Crippen molar-refractivity contribution in [2.45, 2.75) is 99.3 Å². The van der Waals surface area contributed by atoms with Crippen LogP contribution in [-0.2, 0) is 19.1 Å². The molecule has 4 aliphatic carbocycles. The molecule has 3 atom stereocenters. The van der Waals surface area contributed by atoms with Crippen molar-refractivity contribution in [1.82, 2.24) is 10.6 Å². The summed E-state index contributed by atoms with van der Waals surface area (Å²) in [6.45, 7) is -0.326. The average Bonchev–Trinajstić information content (AvgIpc) is 2.81. The van der Waals surface area contributed by atoms with Crippen molar-refractivity contribution in [2.24, 2.45) is 0 Å². The van der Waals surface area contributed by atoms with Crippen LogP contribution in [0.15, 0.2) is 18.2 Å². The largest absolute Gasteiger partial charge is 0.522 e. The van der Waals surface area contributed by atoms with Gasteiger partial charge in [-0.05, 0) is 50.3 Å². The van der Waals surface area contributed by atoms with Gasteiger partial charge in [-0.25, -0.2) is 0 Å². The van der Waals surface area contributed by atoms with E-state index in [1.807, 2.05) is 0 Å². The number of carbonyl (C=O) groups is 2. The van der Waals surface area contributed by atoms with E-state index in [1.165, 1.54) is 0 Å². The highest BCUT2D eigenvalue weighted by atomic mass is 35.5. The number of alkyl halides is 3. The fraction of sp³-hybridized carbons (Fsp3) is 0.680. The molecule has 9 nitrogen and oxygen atoms in total. The molecule has 6 rings (SSSR count). The molecule has 210 valence electrons. The Balaban J connectivity index is 1.10. The molecular weight excluding hydrogens is 533 g/mol. The van der Waals surface area contributed by atoms with Crippen LogP contribution < -0.4 is 15.4 Å². The Morgan fingerprint density at radius 2 is 1.79 bits per heavy atom. The molecule has 0 unspecified atom stereocenters. The number of carbonyl (C=O) groups excluding carboxylic acids is 2. The van der Waals surface area contributed by atoms with Gasteiger partial charge in [0.2, 0.25) is 5.91 Å². The van der Waals surface area contributed by atoms with Crippen molar-refractivity contribution >= 4 is 23.4 Å². The number of aliphatic hydroxyl groups is 2. The molecule has 2 amide bonds. The summed E-state index contributed by atoms with van der Waals surface area (Å²) in [6, 6.07) is 4.84. The molecule has 4 saturated carbocycles. The molecule has 5 aliphatic rings. The van der Waals surface area contributed by atoms with Gasteiger partial charge in [-0.15, -0.1) is 13.2 Å². The quantitative estimate of drug-likeness (QED) is 0.402. The third-order valence-electron chi connectivity index (χ3n) is 8.23. The molecule has 1 aromatic carbocycles. The van der Waals surface area contributed by atoms with Gasteiger partial charge in [0.15, 0.2) is 6.10 Å². The Morgan fingerprint density at radius 3 is 2.45 bits per heavy atom. The number of hydrogen-bond donors (Lipinski definition) is 4. The van der Waals surface area contributed by atoms with Gasteiger partial charge in [0.1, 0.15) is 12.4 Å². The maximum absolute atomic E-state index is 13.1. The molecular formula is C25H30ClF3N2O7. The van der Waals surface area contributed by atoms with Crippen molar-refractivity contribution in [2.75, 3.05) is 6.61 Å². The first-order chi connectivity index (χ1) is 17.9. The lowest BCUT2D eigenvalue weighted by Crippen LogP contribution is -2.71. The van der Waals surface area contributed by atoms with Crippen molar-refractivity contribution in [3.8, 4) is 5.75 Å². The first kappa shape index (κ1) is 27.4. The summed E-state index contributed by atoms with van der Waals surface area (Å²) in [4.78, 5) is 25.6. The van der Waals surface area contributed by atoms with Gasteiger partial charge in [0, 0.05) is 35.4 Å². The number of rotatable bonds is 7. The molecule has 0 aromatic heterocycles. The van der Waals surface area contributed by atoms with Crippen molar-refractivity contribution in [3.05, 3.63) is 28.8 Å². The second-order valence-electron chi connectivity index (χ2n) is 10.8. The predicted octanol–water partition coefficient (Wildman–Crippen LogP) is 2.66. The molecule has 13 heteroatoms. The van der Waals surface area contributed by atoms with E-state index in [-0.39, 0.29) is 38.2 Å². The minimum Gasteiger partial charge on any atom is -0.480 e. The fourth-order valence-corrected chi connectivity index (χ4v) is 6.21. The maximum Gasteiger partial charge on any atom is 0.522 e. The van der Waals surface area contributed by atoms with Gasteiger partial charge in [0.25, 0.3) is 5.91 Å². The van der Waals surface area contributed by atoms with E-state index in [9.17, 15) is 33.0 Å². The van der Waals surface area contributed by atoms with E-state index in [0.717, 1.165) is 0 Å². The molecule has 4 fully saturated rings. The van der Waals surface area contributed by atoms with Crippen LogP contribution in [0.4, 0.5) is 13.2 Å². The van der Waals surface area contributed by atoms with Crippen molar-refractivity contribution < 1.29 is 47.2 Å². The van der Waals surface area contributed by atoms with Crippen LogP contribution in [0.2, 0.25) is 5.02 Å². The SMILES string of the molecule is O=C(COC1CC(OC(F)(F)F)C1)NC12CCC(NC(=O)[C@H]3C[C@@H](O)c4cc(Cl)ccc4O3)(CC1)C[C@@H]2O. The normalized spacial score (nSPS) is 36.0. The molecule has 1 heterocycles. The van der Waals surface area contributed by atoms with Gasteiger partial charge >= 0.3 is 6.36 Å². The molecule has 1 aromatic rings. The number of nitrogens with one attached hydrogen (secondary N) is 2. The topological polar surface area (TPSA) is 126 Å². The van der Waals surface area contributed by atoms with Crippen LogP contribution in [0.1, 0.15) is 63.0 Å². The highest BCUT2D eigenvalue weighted by Crippen LogP contribution is 2.47. The summed E-state index contributed by atoms with van der Waals surface area (Å²) in [5, 5.41) is 27.8. The summed E-state index contributed by atoms with van der Waals surface area (Å²) >= 11 is 5.99. The first-order valence-electron chi connectivity index (χ1n) is 12.7. The Labute approximate surface area is 221 Å². The monoisotopic (exact) mass is 562 g/mol. The molecule has 0 spiro atoms. The zero-order valence-corrected chi connectivity index (χ0v) is 21.2. The number of ether oxygens (including phenoxy) is 3. The minimum atomic E-state index is -4.69. The summed E-state index contributed by atoms with van der Waals surface area (Å²) in [6.07, 6.45) is -6.51. The van der Waals surface area contributed by atoms with Crippen LogP contribution >= 0.6 is 11.6 Å². The van der Waals surface area contributed by atoms with Crippen LogP contribution in [0.25, 0.3) is 0 Å². The Hall–Kier alpha value is -2.12. The molecule has 2 bridgehead atoms. The third kappa shape index (κ3) is 5.74. The Bertz CT molecular complexity index is 1070. The smallest absolute Gasteiger partial charge is 0.480 e. The number of benzene rings is 1. The predicted molar refractivity (Wildman–Crippen MR) is 126 cm³/mol. The second-order valence-corrected chi connectivity index (χ2v) is 11.3. The van der Waals surface area contributed by atoms with Crippen LogP contribution in [0, 0.1) is 0 Å². The number of amides is 2. The minimum absolute atomic E-state index is 0.0594. The number of aliphatic hydroxyl groups excluding tert-OH is 2. The van der Waals surface area contributed by atoms with E-state index >= 15 is 0 Å². The standard InChI is InChI=1S/C25H30ClF3N2O7/c26-13-1-2-18-16(7-13)17(32)10-19(37-18)22(35)31-23-3-5-24(6-4-23,20(33)11-23)30-21(34)12-36-14-8-15(9-14)38-25(27,28)29/h1-2,7,14-15,17,19-20,32-33H,3-6,8-12H2,(H,30,34)(H,31,35)/t14?,15?,17-,19-,20+,23?,24?/m1/s1. The average molecular weight is 563 g/mol. The van der Waals surface area contributed by atoms with E-state index in [0.29, 0.717) is 42.0 Å². The molecule has 0 saturated heterocycles. The van der Waals surface area contributed by atoms with Crippen LogP contribution in [0.3, 0.4) is 0 Å². The van der Waals surface area contributed by atoms with Crippen molar-refractivity contribution in [3.63, 3.8) is 0 Å². The lowest BCUT2D eigenvalue weighted by Gasteiger charge is -2.56. The highest BCUT2D eigenvalue weighted by molar-refractivity contribution is 6.30. The number of fused-ring (bicyclic) bond motifs is 4. The maximum atomic E-state index is 13.1. The lowest BCUT2D eigenvalue weighted by atomic mass is 9.59. The second kappa shape index (κ2) is 10.1. The van der Waals surface area contributed by atoms with Gasteiger partial charge in [-0.3, -0.25) is 14.3 Å². The summed E-state index contributed by atoms with van der Waals surface area (Å²) in [5.41, 5.74) is -0.987. The van der Waals surface area contributed by atoms with Crippen LogP contribution in [0.5, 0.6) is 5.75 Å². The van der Waals surface area contributed by atoms with E-state index < -0.39 is 53.9 Å². The lowest BCUT2D eigenvalue weighted by molar-refractivity contribution is -0.357. The van der Waals surface area contributed by atoms with E-state index in [1.54, 1.807) is 18.2 Å². The zero-order chi connectivity index (χ0) is 27.3. The van der Waals surface area contributed by atoms with E-state index in [2.05, 4.69) is 15.4 Å². The van der Waals surface area contributed by atoms with Crippen LogP contribution in [-0.4, -0.2) is 70.5 Å².